The Balaban J connectivity index is 5.40. The Morgan fingerprint density at radius 2 is 1.67 bits per heavy atom. The van der Waals surface area contributed by atoms with Gasteiger partial charge in [-0.25, -0.2) is 0 Å². The van der Waals surface area contributed by atoms with Gasteiger partial charge in [-0.1, -0.05) is 60.2 Å². The smallest absolute Gasteiger partial charge is 0.367 e. The predicted molar refractivity (Wildman–Crippen MR) is 84.0 cm³/mol. The van der Waals surface area contributed by atoms with E-state index in [4.69, 9.17) is 4.65 Å². The highest BCUT2D eigenvalue weighted by molar-refractivity contribution is 6.79. The summed E-state index contributed by atoms with van der Waals surface area (Å²) in [5.41, 5.74) is 0.643. The molecule has 1 atom stereocenters. The van der Waals surface area contributed by atoms with Gasteiger partial charge in [-0.3, -0.25) is 4.79 Å². The van der Waals surface area contributed by atoms with Crippen LogP contribution in [0.5, 0.6) is 0 Å². The lowest BCUT2D eigenvalue weighted by Gasteiger charge is -2.46. The first kappa shape index (κ1) is 17.8. The summed E-state index contributed by atoms with van der Waals surface area (Å²) in [6.45, 7) is 17.8. The molecule has 0 spiro atoms. The van der Waals surface area contributed by atoms with Crippen LogP contribution < -0.4 is 0 Å². The number of carbonyl (C=O) groups is 1. The first-order valence-corrected chi connectivity index (χ1v) is 10.9. The van der Waals surface area contributed by atoms with Crippen molar-refractivity contribution < 1.29 is 9.45 Å². The molecule has 0 saturated carbocycles. The molecule has 0 aromatic heterocycles. The van der Waals surface area contributed by atoms with Crippen LogP contribution in [0.25, 0.3) is 0 Å². The third-order valence-corrected chi connectivity index (χ3v) is 7.97. The lowest BCUT2D eigenvalue weighted by Crippen LogP contribution is -2.45. The SMILES string of the molecule is CCB(OC(C)=O)C(CC)(CC)C(C)[Si](C)(C)C. The van der Waals surface area contributed by atoms with Gasteiger partial charge in [0.25, 0.3) is 5.97 Å². The van der Waals surface area contributed by atoms with Crippen molar-refractivity contribution in [2.75, 3.05) is 0 Å². The zero-order valence-electron chi connectivity index (χ0n) is 13.6. The van der Waals surface area contributed by atoms with E-state index in [1.165, 1.54) is 6.92 Å². The molecule has 0 saturated heterocycles. The van der Waals surface area contributed by atoms with Gasteiger partial charge in [0.15, 0.2) is 0 Å². The summed E-state index contributed by atoms with van der Waals surface area (Å²) in [5, 5.41) is 0.144. The van der Waals surface area contributed by atoms with Gasteiger partial charge in [0.2, 0.25) is 0 Å². The second kappa shape index (κ2) is 6.78. The standard InChI is InChI=1S/C14H31BO2Si/c1-9-14(10-2,12(4)18(6,7)8)15(11-3)17-13(5)16/h12H,9-11H2,1-8H3. The molecule has 0 rings (SSSR count). The minimum absolute atomic E-state index is 0.0618. The second-order valence-corrected chi connectivity index (χ2v) is 12.1. The lowest BCUT2D eigenvalue weighted by atomic mass is 9.40. The summed E-state index contributed by atoms with van der Waals surface area (Å²) in [6, 6.07) is 0. The molecule has 106 valence electrons. The molecule has 0 aromatic carbocycles. The molecule has 0 aliphatic carbocycles. The van der Waals surface area contributed by atoms with Crippen LogP contribution in [-0.2, 0) is 9.45 Å². The molecule has 0 bridgehead atoms. The van der Waals surface area contributed by atoms with Crippen LogP contribution in [0, 0.1) is 0 Å². The van der Waals surface area contributed by atoms with E-state index in [2.05, 4.69) is 47.3 Å². The van der Waals surface area contributed by atoms with Gasteiger partial charge in [0.1, 0.15) is 0 Å². The summed E-state index contributed by atoms with van der Waals surface area (Å²) >= 11 is 0. The van der Waals surface area contributed by atoms with Crippen LogP contribution in [0.4, 0.5) is 0 Å². The molecule has 0 aromatic rings. The first-order valence-electron chi connectivity index (χ1n) is 7.32. The van der Waals surface area contributed by atoms with E-state index in [-0.39, 0.29) is 18.2 Å². The van der Waals surface area contributed by atoms with Gasteiger partial charge in [-0.2, -0.15) is 0 Å². The molecule has 0 aliphatic heterocycles. The fourth-order valence-corrected chi connectivity index (χ4v) is 5.59. The summed E-state index contributed by atoms with van der Waals surface area (Å²) in [4.78, 5) is 11.4. The van der Waals surface area contributed by atoms with Crippen molar-refractivity contribution in [1.29, 1.82) is 0 Å². The number of carbonyl (C=O) groups excluding carboxylic acids is 1. The van der Waals surface area contributed by atoms with Crippen LogP contribution in [-0.4, -0.2) is 21.0 Å². The van der Waals surface area contributed by atoms with Crippen molar-refractivity contribution in [3.05, 3.63) is 0 Å². The van der Waals surface area contributed by atoms with Gasteiger partial charge < -0.3 is 4.65 Å². The molecule has 1 unspecified atom stereocenters. The highest BCUT2D eigenvalue weighted by atomic mass is 28.3. The van der Waals surface area contributed by atoms with Crippen LogP contribution in [0.2, 0.25) is 36.8 Å². The summed E-state index contributed by atoms with van der Waals surface area (Å²) < 4.78 is 5.65. The molecule has 4 heteroatoms. The Morgan fingerprint density at radius 3 is 1.89 bits per heavy atom. The van der Waals surface area contributed by atoms with Crippen molar-refractivity contribution >= 4 is 21.0 Å². The Hall–Kier alpha value is -0.248. The van der Waals surface area contributed by atoms with E-state index in [9.17, 15) is 4.79 Å². The van der Waals surface area contributed by atoms with Gasteiger partial charge in [0, 0.05) is 15.0 Å². The van der Waals surface area contributed by atoms with Crippen molar-refractivity contribution in [2.24, 2.45) is 0 Å². The summed E-state index contributed by atoms with van der Waals surface area (Å²) in [6.07, 6.45) is 3.08. The van der Waals surface area contributed by atoms with Crippen molar-refractivity contribution in [1.82, 2.24) is 0 Å². The average Bonchev–Trinajstić information content (AvgIpc) is 2.27. The Bertz CT molecular complexity index is 269. The van der Waals surface area contributed by atoms with E-state index in [0.717, 1.165) is 19.2 Å². The van der Waals surface area contributed by atoms with Crippen LogP contribution in [0.3, 0.4) is 0 Å². The number of hydrogen-bond acceptors (Lipinski definition) is 2. The normalized spacial score (nSPS) is 14.2. The molecule has 0 radical (unpaired) electrons. The van der Waals surface area contributed by atoms with Gasteiger partial charge in [-0.15, -0.1) is 0 Å². The van der Waals surface area contributed by atoms with E-state index in [0.29, 0.717) is 5.54 Å². The van der Waals surface area contributed by atoms with Gasteiger partial charge in [-0.05, 0) is 17.2 Å². The molecule has 0 heterocycles. The molecular formula is C14H31BO2Si. The largest absolute Gasteiger partial charge is 0.536 e. The van der Waals surface area contributed by atoms with Crippen molar-refractivity contribution in [2.45, 2.75) is 84.3 Å². The van der Waals surface area contributed by atoms with E-state index in [1.807, 2.05) is 0 Å². The maximum Gasteiger partial charge on any atom is 0.367 e. The molecular weight excluding hydrogens is 239 g/mol. The Labute approximate surface area is 115 Å². The summed E-state index contributed by atoms with van der Waals surface area (Å²) in [5.74, 6) is -0.143. The molecule has 0 amide bonds. The number of rotatable bonds is 7. The van der Waals surface area contributed by atoms with Gasteiger partial charge >= 0.3 is 6.92 Å². The Morgan fingerprint density at radius 1 is 1.22 bits per heavy atom. The highest BCUT2D eigenvalue weighted by Crippen LogP contribution is 2.54. The highest BCUT2D eigenvalue weighted by Gasteiger charge is 2.49. The lowest BCUT2D eigenvalue weighted by molar-refractivity contribution is -0.132. The third kappa shape index (κ3) is 3.87. The fraction of sp³-hybridized carbons (Fsp3) is 0.929. The van der Waals surface area contributed by atoms with Crippen LogP contribution >= 0.6 is 0 Å². The Kier molecular flexibility index (Phi) is 6.69. The first-order chi connectivity index (χ1) is 8.15. The minimum atomic E-state index is -1.26. The van der Waals surface area contributed by atoms with E-state index < -0.39 is 8.07 Å². The maximum absolute atomic E-state index is 11.4. The molecule has 2 nitrogen and oxygen atoms in total. The van der Waals surface area contributed by atoms with Crippen LogP contribution in [0.1, 0.15) is 47.5 Å². The predicted octanol–water partition coefficient (Wildman–Crippen LogP) is 4.85. The summed E-state index contributed by atoms with van der Waals surface area (Å²) in [7, 11) is -1.26. The molecule has 0 fully saturated rings. The zero-order chi connectivity index (χ0) is 14.6. The topological polar surface area (TPSA) is 26.3 Å². The minimum Gasteiger partial charge on any atom is -0.536 e. The zero-order valence-corrected chi connectivity index (χ0v) is 14.6. The van der Waals surface area contributed by atoms with Crippen molar-refractivity contribution in [3.63, 3.8) is 0 Å². The molecule has 0 aliphatic rings. The van der Waals surface area contributed by atoms with E-state index >= 15 is 0 Å². The second-order valence-electron chi connectivity index (χ2n) is 6.53. The van der Waals surface area contributed by atoms with Crippen LogP contribution in [0.15, 0.2) is 0 Å². The molecule has 0 N–H and O–H groups in total. The molecule has 18 heavy (non-hydrogen) atoms. The maximum atomic E-state index is 11.4. The third-order valence-electron chi connectivity index (χ3n) is 4.80. The van der Waals surface area contributed by atoms with Gasteiger partial charge in [0.05, 0.1) is 0 Å². The average molecular weight is 270 g/mol. The fourth-order valence-electron chi connectivity index (χ4n) is 3.27. The van der Waals surface area contributed by atoms with E-state index in [1.54, 1.807) is 0 Å². The quantitative estimate of drug-likeness (QED) is 0.618. The monoisotopic (exact) mass is 270 g/mol. The number of hydrogen-bond donors (Lipinski definition) is 0. The van der Waals surface area contributed by atoms with Crippen molar-refractivity contribution in [3.8, 4) is 0 Å².